The van der Waals surface area contributed by atoms with Crippen LogP contribution >= 0.6 is 24.0 Å². The Bertz CT molecular complexity index is 819. The summed E-state index contributed by atoms with van der Waals surface area (Å²) in [6.45, 7) is 9.25. The normalized spacial score (nSPS) is 19.7. The Morgan fingerprint density at radius 3 is 2.48 bits per heavy atom. The number of nitrogens with zero attached hydrogens (tertiary/aromatic N) is 3. The van der Waals surface area contributed by atoms with E-state index < -0.39 is 10.0 Å². The monoisotopic (exact) mass is 563 g/mol. The van der Waals surface area contributed by atoms with Gasteiger partial charge in [-0.25, -0.2) is 12.7 Å². The number of aliphatic imine (C=N–C) groups is 1. The van der Waals surface area contributed by atoms with Gasteiger partial charge in [-0.1, -0.05) is 12.1 Å². The lowest BCUT2D eigenvalue weighted by atomic mass is 9.98. The van der Waals surface area contributed by atoms with Crippen molar-refractivity contribution in [2.75, 3.05) is 50.4 Å². The molecule has 0 amide bonds. The molecular formula is C22H38IN5O2S. The fourth-order valence-electron chi connectivity index (χ4n) is 4.22. The van der Waals surface area contributed by atoms with Gasteiger partial charge in [0.2, 0.25) is 10.0 Å². The fourth-order valence-corrected chi connectivity index (χ4v) is 5.09. The first-order valence-corrected chi connectivity index (χ1v) is 13.1. The SMILES string of the molecule is CCNC(=NCC1CCN(S(C)(=O)=O)CC1)NC(C)c1cccc(N2CCCC2)c1.I. The van der Waals surface area contributed by atoms with E-state index in [2.05, 4.69) is 53.6 Å². The summed E-state index contributed by atoms with van der Waals surface area (Å²) in [6, 6.07) is 8.94. The highest BCUT2D eigenvalue weighted by molar-refractivity contribution is 14.0. The molecule has 2 fully saturated rings. The molecule has 0 saturated carbocycles. The number of piperidine rings is 1. The maximum absolute atomic E-state index is 11.7. The van der Waals surface area contributed by atoms with Crippen molar-refractivity contribution in [3.63, 3.8) is 0 Å². The molecule has 1 aromatic carbocycles. The minimum Gasteiger partial charge on any atom is -0.372 e. The van der Waals surface area contributed by atoms with Gasteiger partial charge in [-0.3, -0.25) is 4.99 Å². The van der Waals surface area contributed by atoms with E-state index in [1.807, 2.05) is 0 Å². The standard InChI is InChI=1S/C22H37N5O2S.HI/c1-4-23-22(24-17-19-10-14-27(15-11-19)30(3,28)29)25-18(2)20-8-7-9-21(16-20)26-12-5-6-13-26;/h7-9,16,18-19H,4-6,10-15,17H2,1-3H3,(H2,23,24,25);1H. The molecule has 1 unspecified atom stereocenters. The molecule has 0 bridgehead atoms. The van der Waals surface area contributed by atoms with E-state index in [4.69, 9.17) is 4.99 Å². The van der Waals surface area contributed by atoms with Gasteiger partial charge >= 0.3 is 0 Å². The van der Waals surface area contributed by atoms with Crippen molar-refractivity contribution in [1.82, 2.24) is 14.9 Å². The van der Waals surface area contributed by atoms with Gasteiger partial charge in [0.15, 0.2) is 5.96 Å². The van der Waals surface area contributed by atoms with Crippen LogP contribution in [-0.4, -0.2) is 64.2 Å². The van der Waals surface area contributed by atoms with Crippen LogP contribution < -0.4 is 15.5 Å². The van der Waals surface area contributed by atoms with Crippen molar-refractivity contribution in [2.24, 2.45) is 10.9 Å². The van der Waals surface area contributed by atoms with Gasteiger partial charge in [-0.15, -0.1) is 24.0 Å². The van der Waals surface area contributed by atoms with Crippen molar-refractivity contribution >= 4 is 45.6 Å². The average Bonchev–Trinajstić information content (AvgIpc) is 3.27. The first kappa shape index (κ1) is 26.2. The second kappa shape index (κ2) is 12.2. The molecule has 2 saturated heterocycles. The molecule has 31 heavy (non-hydrogen) atoms. The van der Waals surface area contributed by atoms with E-state index in [-0.39, 0.29) is 30.0 Å². The summed E-state index contributed by atoms with van der Waals surface area (Å²) in [4.78, 5) is 7.26. The Hall–Kier alpha value is -1.07. The predicted octanol–water partition coefficient (Wildman–Crippen LogP) is 3.19. The van der Waals surface area contributed by atoms with Crippen LogP contribution in [0.4, 0.5) is 5.69 Å². The molecule has 176 valence electrons. The van der Waals surface area contributed by atoms with Gasteiger partial charge in [0.25, 0.3) is 0 Å². The van der Waals surface area contributed by atoms with E-state index in [9.17, 15) is 8.42 Å². The summed E-state index contributed by atoms with van der Waals surface area (Å²) in [7, 11) is -3.08. The Kier molecular flexibility index (Phi) is 10.3. The number of benzene rings is 1. The minimum absolute atomic E-state index is 0. The number of guanidine groups is 1. The maximum atomic E-state index is 11.7. The fraction of sp³-hybridized carbons (Fsp3) is 0.682. The first-order valence-electron chi connectivity index (χ1n) is 11.2. The smallest absolute Gasteiger partial charge is 0.211 e. The number of hydrogen-bond donors (Lipinski definition) is 2. The van der Waals surface area contributed by atoms with Crippen LogP contribution in [0.25, 0.3) is 0 Å². The lowest BCUT2D eigenvalue weighted by Crippen LogP contribution is -2.40. The highest BCUT2D eigenvalue weighted by Crippen LogP contribution is 2.24. The molecule has 7 nitrogen and oxygen atoms in total. The Labute approximate surface area is 205 Å². The number of hydrogen-bond acceptors (Lipinski definition) is 4. The van der Waals surface area contributed by atoms with Gasteiger partial charge in [0, 0.05) is 45.0 Å². The van der Waals surface area contributed by atoms with Crippen molar-refractivity contribution in [3.8, 4) is 0 Å². The van der Waals surface area contributed by atoms with Crippen LogP contribution in [0.5, 0.6) is 0 Å². The molecular weight excluding hydrogens is 525 g/mol. The Morgan fingerprint density at radius 1 is 1.19 bits per heavy atom. The summed E-state index contributed by atoms with van der Waals surface area (Å²) in [5.41, 5.74) is 2.56. The summed E-state index contributed by atoms with van der Waals surface area (Å²) in [5.74, 6) is 1.24. The number of rotatable bonds is 7. The summed E-state index contributed by atoms with van der Waals surface area (Å²) >= 11 is 0. The lowest BCUT2D eigenvalue weighted by Gasteiger charge is -2.29. The molecule has 0 aliphatic carbocycles. The quantitative estimate of drug-likeness (QED) is 0.303. The number of anilines is 1. The van der Waals surface area contributed by atoms with Crippen molar-refractivity contribution in [1.29, 1.82) is 0 Å². The Balaban J connectivity index is 0.00000341. The zero-order valence-electron chi connectivity index (χ0n) is 19.0. The highest BCUT2D eigenvalue weighted by atomic mass is 127. The molecule has 2 aliphatic heterocycles. The van der Waals surface area contributed by atoms with Crippen LogP contribution in [0.1, 0.15) is 51.1 Å². The second-order valence-corrected chi connectivity index (χ2v) is 10.5. The van der Waals surface area contributed by atoms with Crippen molar-refractivity contribution < 1.29 is 8.42 Å². The number of nitrogens with one attached hydrogen (secondary N) is 2. The van der Waals surface area contributed by atoms with E-state index in [1.54, 1.807) is 4.31 Å². The number of halogens is 1. The summed E-state index contributed by atoms with van der Waals surface area (Å²) in [6.07, 6.45) is 5.57. The largest absolute Gasteiger partial charge is 0.372 e. The van der Waals surface area contributed by atoms with Crippen molar-refractivity contribution in [2.45, 2.75) is 45.6 Å². The van der Waals surface area contributed by atoms with E-state index >= 15 is 0 Å². The zero-order chi connectivity index (χ0) is 21.6. The second-order valence-electron chi connectivity index (χ2n) is 8.48. The minimum atomic E-state index is -3.08. The van der Waals surface area contributed by atoms with Crippen LogP contribution in [-0.2, 0) is 10.0 Å². The van der Waals surface area contributed by atoms with E-state index in [1.165, 1.54) is 30.3 Å². The van der Waals surface area contributed by atoms with Crippen LogP contribution in [0.15, 0.2) is 29.3 Å². The van der Waals surface area contributed by atoms with Crippen LogP contribution in [0.3, 0.4) is 0 Å². The molecule has 2 aliphatic rings. The predicted molar refractivity (Wildman–Crippen MR) is 140 cm³/mol. The summed E-state index contributed by atoms with van der Waals surface area (Å²) in [5, 5.41) is 6.89. The summed E-state index contributed by atoms with van der Waals surface area (Å²) < 4.78 is 24.9. The maximum Gasteiger partial charge on any atom is 0.211 e. The molecule has 0 spiro atoms. The average molecular weight is 564 g/mol. The molecule has 3 rings (SSSR count). The molecule has 1 aromatic rings. The molecule has 2 N–H and O–H groups in total. The Morgan fingerprint density at radius 2 is 1.87 bits per heavy atom. The zero-order valence-corrected chi connectivity index (χ0v) is 22.2. The first-order chi connectivity index (χ1) is 14.4. The van der Waals surface area contributed by atoms with Gasteiger partial charge in [0.1, 0.15) is 0 Å². The third-order valence-electron chi connectivity index (χ3n) is 6.09. The highest BCUT2D eigenvalue weighted by Gasteiger charge is 2.24. The van der Waals surface area contributed by atoms with Crippen molar-refractivity contribution in [3.05, 3.63) is 29.8 Å². The molecule has 2 heterocycles. The van der Waals surface area contributed by atoms with Gasteiger partial charge in [-0.05, 0) is 63.1 Å². The molecule has 0 radical (unpaired) electrons. The van der Waals surface area contributed by atoms with E-state index in [0.29, 0.717) is 25.6 Å². The van der Waals surface area contributed by atoms with Crippen LogP contribution in [0.2, 0.25) is 0 Å². The third-order valence-corrected chi connectivity index (χ3v) is 7.39. The number of sulfonamides is 1. The van der Waals surface area contributed by atoms with Gasteiger partial charge in [0.05, 0.1) is 12.3 Å². The molecule has 9 heteroatoms. The third kappa shape index (κ3) is 7.78. The topological polar surface area (TPSA) is 77.0 Å². The van der Waals surface area contributed by atoms with Gasteiger partial charge in [-0.2, -0.15) is 0 Å². The lowest BCUT2D eigenvalue weighted by molar-refractivity contribution is 0.280. The van der Waals surface area contributed by atoms with Gasteiger partial charge < -0.3 is 15.5 Å². The van der Waals surface area contributed by atoms with Crippen LogP contribution in [0, 0.1) is 5.92 Å². The van der Waals surface area contributed by atoms with E-state index in [0.717, 1.165) is 38.4 Å². The molecule has 1 atom stereocenters. The molecule has 0 aromatic heterocycles.